The fourth-order valence-electron chi connectivity index (χ4n) is 1.88. The van der Waals surface area contributed by atoms with Crippen molar-refractivity contribution < 1.29 is 9.47 Å². The first-order valence-electron chi connectivity index (χ1n) is 6.42. The molecule has 0 radical (unpaired) electrons. The largest absolute Gasteiger partial charge is 0.493 e. The molecule has 7 heteroatoms. The Kier molecular flexibility index (Phi) is 4.42. The third-order valence-corrected chi connectivity index (χ3v) is 2.90. The van der Waals surface area contributed by atoms with E-state index in [9.17, 15) is 0 Å². The van der Waals surface area contributed by atoms with Gasteiger partial charge >= 0.3 is 0 Å². The fourth-order valence-corrected chi connectivity index (χ4v) is 1.88. The lowest BCUT2D eigenvalue weighted by Crippen LogP contribution is -2.16. The summed E-state index contributed by atoms with van der Waals surface area (Å²) >= 11 is 0. The van der Waals surface area contributed by atoms with E-state index in [1.165, 1.54) is 0 Å². The van der Waals surface area contributed by atoms with Gasteiger partial charge in [0.05, 0.1) is 14.2 Å². The number of anilines is 2. The van der Waals surface area contributed by atoms with Gasteiger partial charge in [-0.3, -0.25) is 0 Å². The van der Waals surface area contributed by atoms with Crippen LogP contribution in [-0.4, -0.2) is 43.3 Å². The summed E-state index contributed by atoms with van der Waals surface area (Å²) in [6.45, 7) is 0. The van der Waals surface area contributed by atoms with Gasteiger partial charge < -0.3 is 20.1 Å². The summed E-state index contributed by atoms with van der Waals surface area (Å²) in [6, 6.07) is 5.69. The number of nitrogens with two attached hydrogens (primary N) is 1. The third-order valence-electron chi connectivity index (χ3n) is 2.90. The van der Waals surface area contributed by atoms with Gasteiger partial charge in [-0.1, -0.05) is 6.07 Å². The van der Waals surface area contributed by atoms with Crippen molar-refractivity contribution >= 4 is 11.9 Å². The van der Waals surface area contributed by atoms with Crippen LogP contribution in [0.5, 0.6) is 11.5 Å². The lowest BCUT2D eigenvalue weighted by atomic mass is 10.1. The van der Waals surface area contributed by atoms with E-state index >= 15 is 0 Å². The molecule has 0 saturated heterocycles. The van der Waals surface area contributed by atoms with Gasteiger partial charge in [0.2, 0.25) is 11.9 Å². The number of hydrogen-bond acceptors (Lipinski definition) is 7. The zero-order chi connectivity index (χ0) is 15.4. The molecule has 0 amide bonds. The Bertz CT molecular complexity index is 631. The highest BCUT2D eigenvalue weighted by molar-refractivity contribution is 5.44. The van der Waals surface area contributed by atoms with Crippen LogP contribution in [0.4, 0.5) is 11.9 Å². The summed E-state index contributed by atoms with van der Waals surface area (Å²) < 4.78 is 10.5. The molecule has 2 N–H and O–H groups in total. The second-order valence-corrected chi connectivity index (χ2v) is 4.67. The number of hydrogen-bond donors (Lipinski definition) is 1. The van der Waals surface area contributed by atoms with Crippen molar-refractivity contribution in [3.63, 3.8) is 0 Å². The SMILES string of the molecule is COc1ccc(Cc2nc(N)nc(N(C)C)n2)cc1OC. The van der Waals surface area contributed by atoms with Gasteiger partial charge in [0, 0.05) is 20.5 Å². The van der Waals surface area contributed by atoms with Crippen LogP contribution < -0.4 is 20.1 Å². The minimum atomic E-state index is 0.212. The summed E-state index contributed by atoms with van der Waals surface area (Å²) in [6.07, 6.45) is 0.536. The Hall–Kier alpha value is -2.57. The molecule has 1 aromatic heterocycles. The second kappa shape index (κ2) is 6.25. The average molecular weight is 289 g/mol. The Morgan fingerprint density at radius 3 is 2.38 bits per heavy atom. The van der Waals surface area contributed by atoms with E-state index in [1.54, 1.807) is 19.1 Å². The monoisotopic (exact) mass is 289 g/mol. The number of benzene rings is 1. The van der Waals surface area contributed by atoms with Crippen LogP contribution >= 0.6 is 0 Å². The zero-order valence-corrected chi connectivity index (χ0v) is 12.6. The Labute approximate surface area is 123 Å². The molecule has 21 heavy (non-hydrogen) atoms. The lowest BCUT2D eigenvalue weighted by molar-refractivity contribution is 0.354. The fraction of sp³-hybridized carbons (Fsp3) is 0.357. The molecule has 1 aromatic carbocycles. The number of nitrogen functional groups attached to an aromatic ring is 1. The summed E-state index contributed by atoms with van der Waals surface area (Å²) in [5.74, 6) is 2.72. The molecule has 0 aliphatic heterocycles. The maximum atomic E-state index is 5.72. The lowest BCUT2D eigenvalue weighted by Gasteiger charge is -2.12. The highest BCUT2D eigenvalue weighted by atomic mass is 16.5. The molecule has 0 unspecified atom stereocenters. The summed E-state index contributed by atoms with van der Waals surface area (Å²) in [5, 5.41) is 0. The predicted octanol–water partition coefficient (Wildman–Crippen LogP) is 1.13. The first-order chi connectivity index (χ1) is 10.0. The molecule has 0 aliphatic carbocycles. The number of nitrogens with zero attached hydrogens (tertiary/aromatic N) is 4. The van der Waals surface area contributed by atoms with E-state index in [1.807, 2.05) is 32.3 Å². The molecule has 1 heterocycles. The van der Waals surface area contributed by atoms with Gasteiger partial charge in [-0.05, 0) is 17.7 Å². The maximum Gasteiger partial charge on any atom is 0.229 e. The van der Waals surface area contributed by atoms with Gasteiger partial charge in [-0.2, -0.15) is 15.0 Å². The Balaban J connectivity index is 2.29. The standard InChI is InChI=1S/C14H19N5O2/c1-19(2)14-17-12(16-13(15)18-14)8-9-5-6-10(20-3)11(7-9)21-4/h5-7H,8H2,1-4H3,(H2,15,16,17,18). The van der Waals surface area contributed by atoms with Crippen LogP contribution in [0.2, 0.25) is 0 Å². The van der Waals surface area contributed by atoms with E-state index in [-0.39, 0.29) is 5.95 Å². The van der Waals surface area contributed by atoms with Gasteiger partial charge in [-0.15, -0.1) is 0 Å². The molecule has 0 atom stereocenters. The minimum absolute atomic E-state index is 0.212. The van der Waals surface area contributed by atoms with Crippen LogP contribution in [0.25, 0.3) is 0 Å². The molecule has 0 bridgehead atoms. The van der Waals surface area contributed by atoms with E-state index in [0.29, 0.717) is 29.7 Å². The van der Waals surface area contributed by atoms with Crippen LogP contribution in [0, 0.1) is 0 Å². The van der Waals surface area contributed by atoms with Crippen molar-refractivity contribution in [3.05, 3.63) is 29.6 Å². The van der Waals surface area contributed by atoms with Crippen molar-refractivity contribution in [2.75, 3.05) is 38.9 Å². The highest BCUT2D eigenvalue weighted by Crippen LogP contribution is 2.28. The van der Waals surface area contributed by atoms with Crippen molar-refractivity contribution in [2.45, 2.75) is 6.42 Å². The number of ether oxygens (including phenoxy) is 2. The van der Waals surface area contributed by atoms with Crippen LogP contribution in [0.3, 0.4) is 0 Å². The zero-order valence-electron chi connectivity index (χ0n) is 12.6. The summed E-state index contributed by atoms with van der Waals surface area (Å²) in [5.41, 5.74) is 6.72. The normalized spacial score (nSPS) is 10.3. The third kappa shape index (κ3) is 3.50. The molecule has 7 nitrogen and oxygen atoms in total. The number of rotatable bonds is 5. The molecule has 2 aromatic rings. The van der Waals surface area contributed by atoms with Gasteiger partial charge in [0.25, 0.3) is 0 Å². The topological polar surface area (TPSA) is 86.4 Å². The molecule has 0 aliphatic rings. The average Bonchev–Trinajstić information content (AvgIpc) is 2.46. The quantitative estimate of drug-likeness (QED) is 0.882. The van der Waals surface area contributed by atoms with Gasteiger partial charge in [-0.25, -0.2) is 0 Å². The van der Waals surface area contributed by atoms with Crippen molar-refractivity contribution in [3.8, 4) is 11.5 Å². The van der Waals surface area contributed by atoms with E-state index < -0.39 is 0 Å². The number of methoxy groups -OCH3 is 2. The molecule has 0 saturated carbocycles. The molecule has 2 rings (SSSR count). The van der Waals surface area contributed by atoms with Gasteiger partial charge in [0.1, 0.15) is 5.82 Å². The number of aromatic nitrogens is 3. The predicted molar refractivity (Wildman–Crippen MR) is 80.9 cm³/mol. The van der Waals surface area contributed by atoms with Crippen LogP contribution in [-0.2, 0) is 6.42 Å². The van der Waals surface area contributed by atoms with Crippen molar-refractivity contribution in [1.29, 1.82) is 0 Å². The summed E-state index contributed by atoms with van der Waals surface area (Å²) in [7, 11) is 6.92. The highest BCUT2D eigenvalue weighted by Gasteiger charge is 2.09. The summed E-state index contributed by atoms with van der Waals surface area (Å²) in [4.78, 5) is 14.4. The Morgan fingerprint density at radius 1 is 1.05 bits per heavy atom. The molecule has 112 valence electrons. The van der Waals surface area contributed by atoms with Crippen molar-refractivity contribution in [2.24, 2.45) is 0 Å². The van der Waals surface area contributed by atoms with E-state index in [0.717, 1.165) is 5.56 Å². The first kappa shape index (κ1) is 14.8. The first-order valence-corrected chi connectivity index (χ1v) is 6.42. The minimum Gasteiger partial charge on any atom is -0.493 e. The van der Waals surface area contributed by atoms with Gasteiger partial charge in [0.15, 0.2) is 11.5 Å². The molecule has 0 spiro atoms. The second-order valence-electron chi connectivity index (χ2n) is 4.67. The Morgan fingerprint density at radius 2 is 1.76 bits per heavy atom. The van der Waals surface area contributed by atoms with Crippen LogP contribution in [0.15, 0.2) is 18.2 Å². The van der Waals surface area contributed by atoms with E-state index in [4.69, 9.17) is 15.2 Å². The van der Waals surface area contributed by atoms with Crippen molar-refractivity contribution in [1.82, 2.24) is 15.0 Å². The molecular weight excluding hydrogens is 270 g/mol. The smallest absolute Gasteiger partial charge is 0.229 e. The van der Waals surface area contributed by atoms with E-state index in [2.05, 4.69) is 15.0 Å². The maximum absolute atomic E-state index is 5.72. The molecular formula is C14H19N5O2. The van der Waals surface area contributed by atoms with Crippen LogP contribution in [0.1, 0.15) is 11.4 Å². The molecule has 0 fully saturated rings.